The van der Waals surface area contributed by atoms with Crippen LogP contribution in [0.4, 0.5) is 11.4 Å². The van der Waals surface area contributed by atoms with Crippen LogP contribution in [-0.2, 0) is 14.3 Å². The molecule has 0 fully saturated rings. The van der Waals surface area contributed by atoms with Gasteiger partial charge in [0.25, 0.3) is 0 Å². The van der Waals surface area contributed by atoms with Gasteiger partial charge in [-0.3, -0.25) is 9.59 Å². The third-order valence-electron chi connectivity index (χ3n) is 1.89. The van der Waals surface area contributed by atoms with Crippen molar-refractivity contribution < 1.29 is 14.3 Å². The highest BCUT2D eigenvalue weighted by Crippen LogP contribution is 2.22. The first-order valence-electron chi connectivity index (χ1n) is 5.03. The molecule has 1 amide bonds. The molecule has 0 saturated carbocycles. The number of anilines is 2. The summed E-state index contributed by atoms with van der Waals surface area (Å²) in [6, 6.07) is 5.01. The van der Waals surface area contributed by atoms with E-state index in [9.17, 15) is 9.59 Å². The standard InChI is InChI=1S/C11H13BrN2O3/c1-2-17-11(16)6-10(15)14-7-3-4-8(12)9(13)5-7/h3-5H,2,6,13H2,1H3,(H,14,15). The van der Waals surface area contributed by atoms with Crippen LogP contribution in [0.25, 0.3) is 0 Å². The lowest BCUT2D eigenvalue weighted by molar-refractivity contribution is -0.145. The van der Waals surface area contributed by atoms with E-state index < -0.39 is 11.9 Å². The van der Waals surface area contributed by atoms with Gasteiger partial charge in [0.1, 0.15) is 6.42 Å². The molecule has 0 spiro atoms. The molecule has 0 aliphatic heterocycles. The highest BCUT2D eigenvalue weighted by Gasteiger charge is 2.10. The molecule has 1 rings (SSSR count). The third kappa shape index (κ3) is 4.44. The maximum Gasteiger partial charge on any atom is 0.315 e. The fourth-order valence-corrected chi connectivity index (χ4v) is 1.42. The minimum absolute atomic E-state index is 0.261. The Morgan fingerprint density at radius 3 is 2.76 bits per heavy atom. The highest BCUT2D eigenvalue weighted by molar-refractivity contribution is 9.10. The molecule has 17 heavy (non-hydrogen) atoms. The van der Waals surface area contributed by atoms with Crippen LogP contribution in [0.15, 0.2) is 22.7 Å². The Morgan fingerprint density at radius 2 is 2.18 bits per heavy atom. The molecule has 0 atom stereocenters. The van der Waals surface area contributed by atoms with E-state index in [4.69, 9.17) is 5.73 Å². The van der Waals surface area contributed by atoms with E-state index in [0.717, 1.165) is 4.47 Å². The monoisotopic (exact) mass is 300 g/mol. The maximum atomic E-state index is 11.4. The molecule has 1 aromatic carbocycles. The fourth-order valence-electron chi connectivity index (χ4n) is 1.17. The number of nitrogen functional groups attached to an aromatic ring is 1. The Kier molecular flexibility index (Phi) is 4.96. The molecular weight excluding hydrogens is 288 g/mol. The zero-order valence-corrected chi connectivity index (χ0v) is 10.9. The SMILES string of the molecule is CCOC(=O)CC(=O)Nc1ccc(Br)c(N)c1. The second kappa shape index (κ2) is 6.24. The van der Waals surface area contributed by atoms with Crippen LogP contribution in [0.2, 0.25) is 0 Å². The molecule has 0 heterocycles. The summed E-state index contributed by atoms with van der Waals surface area (Å²) in [6.07, 6.45) is -0.302. The van der Waals surface area contributed by atoms with Gasteiger partial charge in [0.05, 0.1) is 6.61 Å². The molecular formula is C11H13BrN2O3. The Labute approximate surface area is 107 Å². The Hall–Kier alpha value is -1.56. The molecule has 0 saturated heterocycles. The summed E-state index contributed by atoms with van der Waals surface area (Å²) in [5.74, 6) is -0.972. The summed E-state index contributed by atoms with van der Waals surface area (Å²) < 4.78 is 5.41. The van der Waals surface area contributed by atoms with Crippen molar-refractivity contribution in [1.29, 1.82) is 0 Å². The number of rotatable bonds is 4. The van der Waals surface area contributed by atoms with Gasteiger partial charge in [-0.2, -0.15) is 0 Å². The number of benzene rings is 1. The second-order valence-electron chi connectivity index (χ2n) is 3.27. The van der Waals surface area contributed by atoms with Gasteiger partial charge in [-0.25, -0.2) is 0 Å². The van der Waals surface area contributed by atoms with Crippen LogP contribution < -0.4 is 11.1 Å². The van der Waals surface area contributed by atoms with Gasteiger partial charge in [0, 0.05) is 15.8 Å². The smallest absolute Gasteiger partial charge is 0.315 e. The summed E-state index contributed by atoms with van der Waals surface area (Å²) in [7, 11) is 0. The third-order valence-corrected chi connectivity index (χ3v) is 2.61. The zero-order valence-electron chi connectivity index (χ0n) is 9.33. The number of carbonyl (C=O) groups excluding carboxylic acids is 2. The first-order valence-corrected chi connectivity index (χ1v) is 5.82. The lowest BCUT2D eigenvalue weighted by Crippen LogP contribution is -2.18. The summed E-state index contributed by atoms with van der Waals surface area (Å²) in [4.78, 5) is 22.5. The van der Waals surface area contributed by atoms with Crippen molar-refractivity contribution in [2.45, 2.75) is 13.3 Å². The summed E-state index contributed by atoms with van der Waals surface area (Å²) in [5.41, 5.74) is 6.71. The van der Waals surface area contributed by atoms with E-state index in [-0.39, 0.29) is 13.0 Å². The quantitative estimate of drug-likeness (QED) is 0.506. The van der Waals surface area contributed by atoms with Crippen LogP contribution in [0, 0.1) is 0 Å². The molecule has 0 unspecified atom stereocenters. The number of nitrogens with one attached hydrogen (secondary N) is 1. The molecule has 92 valence electrons. The average Bonchev–Trinajstić information content (AvgIpc) is 2.23. The molecule has 5 nitrogen and oxygen atoms in total. The zero-order chi connectivity index (χ0) is 12.8. The number of hydrogen-bond donors (Lipinski definition) is 2. The number of ether oxygens (including phenoxy) is 1. The van der Waals surface area contributed by atoms with E-state index in [0.29, 0.717) is 11.4 Å². The van der Waals surface area contributed by atoms with Gasteiger partial charge in [-0.05, 0) is 41.1 Å². The molecule has 0 aromatic heterocycles. The number of nitrogens with two attached hydrogens (primary N) is 1. The van der Waals surface area contributed by atoms with E-state index in [2.05, 4.69) is 26.0 Å². The number of carbonyl (C=O) groups is 2. The second-order valence-corrected chi connectivity index (χ2v) is 4.12. The van der Waals surface area contributed by atoms with E-state index >= 15 is 0 Å². The van der Waals surface area contributed by atoms with Crippen molar-refractivity contribution in [3.63, 3.8) is 0 Å². The van der Waals surface area contributed by atoms with Crippen molar-refractivity contribution in [3.05, 3.63) is 22.7 Å². The predicted octanol–water partition coefficient (Wildman–Crippen LogP) is 1.92. The number of esters is 1. The van der Waals surface area contributed by atoms with Crippen molar-refractivity contribution in [1.82, 2.24) is 0 Å². The average molecular weight is 301 g/mol. The Balaban J connectivity index is 2.56. The summed E-state index contributed by atoms with van der Waals surface area (Å²) in [6.45, 7) is 1.95. The van der Waals surface area contributed by atoms with Crippen molar-refractivity contribution in [3.8, 4) is 0 Å². The van der Waals surface area contributed by atoms with Gasteiger partial charge >= 0.3 is 5.97 Å². The van der Waals surface area contributed by atoms with Crippen LogP contribution in [0.5, 0.6) is 0 Å². The minimum Gasteiger partial charge on any atom is -0.466 e. The van der Waals surface area contributed by atoms with Gasteiger partial charge in [-0.1, -0.05) is 0 Å². The first-order chi connectivity index (χ1) is 8.02. The lowest BCUT2D eigenvalue weighted by atomic mass is 10.2. The number of hydrogen-bond acceptors (Lipinski definition) is 4. The van der Waals surface area contributed by atoms with E-state index in [1.807, 2.05) is 0 Å². The van der Waals surface area contributed by atoms with Crippen molar-refractivity contribution in [2.24, 2.45) is 0 Å². The largest absolute Gasteiger partial charge is 0.466 e. The van der Waals surface area contributed by atoms with Crippen molar-refractivity contribution >= 4 is 39.2 Å². The minimum atomic E-state index is -0.546. The highest BCUT2D eigenvalue weighted by atomic mass is 79.9. The van der Waals surface area contributed by atoms with Crippen molar-refractivity contribution in [2.75, 3.05) is 17.7 Å². The van der Waals surface area contributed by atoms with Gasteiger partial charge in [-0.15, -0.1) is 0 Å². The molecule has 0 radical (unpaired) electrons. The molecule has 1 aromatic rings. The van der Waals surface area contributed by atoms with Gasteiger partial charge in [0.15, 0.2) is 0 Å². The molecule has 0 aliphatic rings. The van der Waals surface area contributed by atoms with Gasteiger partial charge < -0.3 is 15.8 Å². The van der Waals surface area contributed by atoms with E-state index in [1.54, 1.807) is 25.1 Å². The maximum absolute atomic E-state index is 11.4. The van der Waals surface area contributed by atoms with Gasteiger partial charge in [0.2, 0.25) is 5.91 Å². The molecule has 3 N–H and O–H groups in total. The predicted molar refractivity (Wildman–Crippen MR) is 68.4 cm³/mol. The Morgan fingerprint density at radius 1 is 1.47 bits per heavy atom. The normalized spacial score (nSPS) is 9.76. The Bertz CT molecular complexity index is 435. The first kappa shape index (κ1) is 13.5. The van der Waals surface area contributed by atoms with Crippen LogP contribution in [0.1, 0.15) is 13.3 Å². The fraction of sp³-hybridized carbons (Fsp3) is 0.273. The summed E-state index contributed by atoms with van der Waals surface area (Å²) in [5, 5.41) is 2.56. The van der Waals surface area contributed by atoms with Crippen LogP contribution in [-0.4, -0.2) is 18.5 Å². The van der Waals surface area contributed by atoms with Crippen LogP contribution in [0.3, 0.4) is 0 Å². The number of amides is 1. The van der Waals surface area contributed by atoms with Crippen LogP contribution >= 0.6 is 15.9 Å². The van der Waals surface area contributed by atoms with E-state index in [1.165, 1.54) is 0 Å². The lowest BCUT2D eigenvalue weighted by Gasteiger charge is -2.06. The topological polar surface area (TPSA) is 81.4 Å². The molecule has 6 heteroatoms. The summed E-state index contributed by atoms with van der Waals surface area (Å²) >= 11 is 3.24. The molecule has 0 aliphatic carbocycles. The molecule has 0 bridgehead atoms. The number of halogens is 1.